The van der Waals surface area contributed by atoms with E-state index in [-0.39, 0.29) is 5.70 Å². The second-order valence-electron chi connectivity index (χ2n) is 7.17. The Morgan fingerprint density at radius 2 is 1.93 bits per heavy atom. The van der Waals surface area contributed by atoms with E-state index in [1.165, 1.54) is 18.2 Å². The molecule has 0 unspecified atom stereocenters. The lowest BCUT2D eigenvalue weighted by molar-refractivity contribution is -0.143. The second-order valence-corrected chi connectivity index (χ2v) is 7.17. The van der Waals surface area contributed by atoms with Crippen molar-refractivity contribution in [2.75, 3.05) is 13.7 Å². The van der Waals surface area contributed by atoms with Crippen LogP contribution in [0.1, 0.15) is 16.7 Å². The standard InChI is InChI=1S/C23H21N3O4/c1-15-6-5-7-16(10-15)12-25-13-17(18-8-3-4-9-20(18)25)11-19-22(28)26(23(29)24-19)14-21(27)30-2/h3-11,13H,12,14H2,1-2H3,(H,24,29)/b19-11+. The molecule has 2 aromatic carbocycles. The van der Waals surface area contributed by atoms with E-state index < -0.39 is 24.5 Å². The van der Waals surface area contributed by atoms with E-state index in [2.05, 4.69) is 39.7 Å². The Balaban J connectivity index is 1.69. The number of nitrogens with zero attached hydrogens (tertiary/aromatic N) is 2. The molecule has 152 valence electrons. The van der Waals surface area contributed by atoms with Crippen LogP contribution in [0.25, 0.3) is 17.0 Å². The van der Waals surface area contributed by atoms with Crippen molar-refractivity contribution in [3.63, 3.8) is 0 Å². The van der Waals surface area contributed by atoms with Gasteiger partial charge in [0.1, 0.15) is 12.2 Å². The molecular weight excluding hydrogens is 382 g/mol. The van der Waals surface area contributed by atoms with Crippen LogP contribution in [0.3, 0.4) is 0 Å². The largest absolute Gasteiger partial charge is 0.468 e. The quantitative estimate of drug-likeness (QED) is 0.403. The summed E-state index contributed by atoms with van der Waals surface area (Å²) in [6.45, 7) is 2.31. The average Bonchev–Trinajstić information content (AvgIpc) is 3.20. The fourth-order valence-corrected chi connectivity index (χ4v) is 3.59. The predicted octanol–water partition coefficient (Wildman–Crippen LogP) is 3.06. The molecule has 1 aliphatic heterocycles. The zero-order valence-corrected chi connectivity index (χ0v) is 16.7. The van der Waals surface area contributed by atoms with Crippen LogP contribution in [-0.4, -0.2) is 41.0 Å². The summed E-state index contributed by atoms with van der Waals surface area (Å²) in [7, 11) is 1.21. The highest BCUT2D eigenvalue weighted by molar-refractivity contribution is 6.15. The first-order chi connectivity index (χ1) is 14.5. The summed E-state index contributed by atoms with van der Waals surface area (Å²) in [6, 6.07) is 15.5. The van der Waals surface area contributed by atoms with Gasteiger partial charge in [-0.15, -0.1) is 0 Å². The molecule has 3 aromatic rings. The van der Waals surface area contributed by atoms with Gasteiger partial charge in [-0.3, -0.25) is 9.59 Å². The molecule has 1 aromatic heterocycles. The summed E-state index contributed by atoms with van der Waals surface area (Å²) in [5.41, 5.74) is 4.32. The Hall–Kier alpha value is -3.87. The fraction of sp³-hybridized carbons (Fsp3) is 0.174. The van der Waals surface area contributed by atoms with Crippen LogP contribution in [0.5, 0.6) is 0 Å². The minimum absolute atomic E-state index is 0.127. The highest BCUT2D eigenvalue weighted by Gasteiger charge is 2.35. The molecule has 0 saturated carbocycles. The van der Waals surface area contributed by atoms with Gasteiger partial charge in [-0.2, -0.15) is 0 Å². The van der Waals surface area contributed by atoms with Gasteiger partial charge in [0, 0.05) is 29.2 Å². The molecule has 1 saturated heterocycles. The van der Waals surface area contributed by atoms with Crippen molar-refractivity contribution < 1.29 is 19.1 Å². The van der Waals surface area contributed by atoms with Crippen molar-refractivity contribution >= 4 is 34.9 Å². The lowest BCUT2D eigenvalue weighted by atomic mass is 10.1. The molecule has 1 fully saturated rings. The maximum Gasteiger partial charge on any atom is 0.329 e. The number of carbonyl (C=O) groups excluding carboxylic acids is 3. The first-order valence-corrected chi connectivity index (χ1v) is 9.51. The number of aryl methyl sites for hydroxylation is 1. The number of aromatic nitrogens is 1. The zero-order valence-electron chi connectivity index (χ0n) is 16.7. The number of hydrogen-bond acceptors (Lipinski definition) is 4. The molecule has 0 atom stereocenters. The number of imide groups is 1. The summed E-state index contributed by atoms with van der Waals surface area (Å²) < 4.78 is 6.67. The molecule has 4 rings (SSSR count). The predicted molar refractivity (Wildman–Crippen MR) is 112 cm³/mol. The minimum atomic E-state index is -0.658. The molecule has 30 heavy (non-hydrogen) atoms. The van der Waals surface area contributed by atoms with Crippen molar-refractivity contribution in [1.82, 2.24) is 14.8 Å². The van der Waals surface area contributed by atoms with Crippen LogP contribution >= 0.6 is 0 Å². The summed E-state index contributed by atoms with van der Waals surface area (Å²) >= 11 is 0. The van der Waals surface area contributed by atoms with E-state index in [0.29, 0.717) is 6.54 Å². The number of nitrogens with one attached hydrogen (secondary N) is 1. The van der Waals surface area contributed by atoms with Gasteiger partial charge in [0.25, 0.3) is 5.91 Å². The van der Waals surface area contributed by atoms with E-state index in [1.54, 1.807) is 6.08 Å². The molecule has 2 heterocycles. The number of amides is 3. The van der Waals surface area contributed by atoms with Crippen LogP contribution < -0.4 is 5.32 Å². The normalized spacial score (nSPS) is 15.1. The highest BCUT2D eigenvalue weighted by atomic mass is 16.5. The number of benzene rings is 2. The lowest BCUT2D eigenvalue weighted by Gasteiger charge is -2.08. The smallest absolute Gasteiger partial charge is 0.329 e. The molecular formula is C23H21N3O4. The van der Waals surface area contributed by atoms with Gasteiger partial charge >= 0.3 is 12.0 Å². The summed E-state index contributed by atoms with van der Waals surface area (Å²) in [5, 5.41) is 3.51. The monoisotopic (exact) mass is 403 g/mol. The molecule has 0 radical (unpaired) electrons. The number of fused-ring (bicyclic) bond motifs is 1. The molecule has 3 amide bonds. The molecule has 0 aliphatic carbocycles. The van der Waals surface area contributed by atoms with Gasteiger partial charge in [-0.1, -0.05) is 48.0 Å². The summed E-state index contributed by atoms with van der Waals surface area (Å²) in [6.07, 6.45) is 3.61. The zero-order chi connectivity index (χ0) is 21.3. The number of esters is 1. The van der Waals surface area contributed by atoms with Crippen molar-refractivity contribution in [3.8, 4) is 0 Å². The SMILES string of the molecule is COC(=O)CN1C(=O)N/C(=C/c2cn(Cc3cccc(C)c3)c3ccccc23)C1=O. The second kappa shape index (κ2) is 7.87. The molecule has 7 nitrogen and oxygen atoms in total. The number of ether oxygens (including phenoxy) is 1. The van der Waals surface area contributed by atoms with Crippen molar-refractivity contribution in [2.24, 2.45) is 0 Å². The number of carbonyl (C=O) groups is 3. The third-order valence-corrected chi connectivity index (χ3v) is 5.03. The molecule has 1 aliphatic rings. The van der Waals surface area contributed by atoms with Crippen LogP contribution in [0.4, 0.5) is 4.79 Å². The highest BCUT2D eigenvalue weighted by Crippen LogP contribution is 2.25. The third kappa shape index (κ3) is 3.69. The number of para-hydroxylation sites is 1. The number of methoxy groups -OCH3 is 1. The first kappa shape index (κ1) is 19.4. The van der Waals surface area contributed by atoms with E-state index >= 15 is 0 Å². The Kier molecular flexibility index (Phi) is 5.10. The fourth-order valence-electron chi connectivity index (χ4n) is 3.59. The summed E-state index contributed by atoms with van der Waals surface area (Å²) in [4.78, 5) is 37.0. The Morgan fingerprint density at radius 3 is 2.70 bits per heavy atom. The number of rotatable bonds is 5. The Bertz CT molecular complexity index is 1190. The van der Waals surface area contributed by atoms with E-state index in [4.69, 9.17) is 0 Å². The van der Waals surface area contributed by atoms with Crippen LogP contribution in [-0.2, 0) is 20.9 Å². The maximum absolute atomic E-state index is 12.6. The number of hydrogen-bond donors (Lipinski definition) is 1. The van der Waals surface area contributed by atoms with Gasteiger partial charge in [0.05, 0.1) is 7.11 Å². The summed E-state index contributed by atoms with van der Waals surface area (Å²) in [5.74, 6) is -1.21. The lowest BCUT2D eigenvalue weighted by Crippen LogP contribution is -2.36. The van der Waals surface area contributed by atoms with Gasteiger partial charge in [-0.25, -0.2) is 9.69 Å². The van der Waals surface area contributed by atoms with Crippen molar-refractivity contribution in [2.45, 2.75) is 13.5 Å². The maximum atomic E-state index is 12.6. The average molecular weight is 403 g/mol. The van der Waals surface area contributed by atoms with Crippen molar-refractivity contribution in [3.05, 3.63) is 77.1 Å². The van der Waals surface area contributed by atoms with Crippen molar-refractivity contribution in [1.29, 1.82) is 0 Å². The van der Waals surface area contributed by atoms with E-state index in [0.717, 1.165) is 21.4 Å². The van der Waals surface area contributed by atoms with E-state index in [9.17, 15) is 14.4 Å². The van der Waals surface area contributed by atoms with Gasteiger partial charge in [0.15, 0.2) is 0 Å². The third-order valence-electron chi connectivity index (χ3n) is 5.03. The van der Waals surface area contributed by atoms with Crippen LogP contribution in [0.2, 0.25) is 0 Å². The molecule has 0 bridgehead atoms. The van der Waals surface area contributed by atoms with Gasteiger partial charge in [-0.05, 0) is 24.6 Å². The molecule has 1 N–H and O–H groups in total. The molecule has 7 heteroatoms. The first-order valence-electron chi connectivity index (χ1n) is 9.51. The minimum Gasteiger partial charge on any atom is -0.468 e. The van der Waals surface area contributed by atoms with Crippen LogP contribution in [0.15, 0.2) is 60.4 Å². The Morgan fingerprint density at radius 1 is 1.13 bits per heavy atom. The van der Waals surface area contributed by atoms with Crippen LogP contribution in [0, 0.1) is 6.92 Å². The van der Waals surface area contributed by atoms with E-state index in [1.807, 2.05) is 36.5 Å². The van der Waals surface area contributed by atoms with Gasteiger partial charge in [0.2, 0.25) is 0 Å². The topological polar surface area (TPSA) is 80.6 Å². The van der Waals surface area contributed by atoms with Gasteiger partial charge < -0.3 is 14.6 Å². The number of urea groups is 1. The Labute approximate surface area is 173 Å². The molecule has 0 spiro atoms.